The molecule has 0 saturated heterocycles. The highest BCUT2D eigenvalue weighted by Gasteiger charge is 2.25. The van der Waals surface area contributed by atoms with E-state index in [1.807, 2.05) is 20.0 Å². The zero-order valence-corrected chi connectivity index (χ0v) is 12.0. The monoisotopic (exact) mass is 279 g/mol. The van der Waals surface area contributed by atoms with Crippen LogP contribution in [0.1, 0.15) is 41.6 Å². The summed E-state index contributed by atoms with van der Waals surface area (Å²) in [6, 6.07) is 5.49. The molecule has 0 aromatic heterocycles. The number of benzene rings is 1. The highest BCUT2D eigenvalue weighted by Crippen LogP contribution is 2.22. The van der Waals surface area contributed by atoms with E-state index < -0.39 is 0 Å². The van der Waals surface area contributed by atoms with Crippen LogP contribution in [-0.2, 0) is 4.79 Å². The van der Waals surface area contributed by atoms with Crippen LogP contribution < -0.4 is 0 Å². The second-order valence-corrected chi connectivity index (χ2v) is 5.56. The standard InChI is InChI=1S/C15H18ClNO2/c1-10-9-11(3-8-14(10)16)15(19)17(2)12-4-6-13(18)7-5-12/h3,8-9,12H,4-7H2,1-2H3. The van der Waals surface area contributed by atoms with E-state index in [-0.39, 0.29) is 11.9 Å². The molecule has 1 amide bonds. The van der Waals surface area contributed by atoms with E-state index in [9.17, 15) is 9.59 Å². The number of carbonyl (C=O) groups excluding carboxylic acids is 2. The third kappa shape index (κ3) is 3.16. The van der Waals surface area contributed by atoms with Crippen molar-refractivity contribution < 1.29 is 9.59 Å². The van der Waals surface area contributed by atoms with Gasteiger partial charge < -0.3 is 4.90 Å². The first-order valence-corrected chi connectivity index (χ1v) is 6.92. The molecule has 102 valence electrons. The smallest absolute Gasteiger partial charge is 0.253 e. The van der Waals surface area contributed by atoms with Crippen molar-refractivity contribution in [3.63, 3.8) is 0 Å². The molecule has 19 heavy (non-hydrogen) atoms. The Labute approximate surface area is 118 Å². The van der Waals surface area contributed by atoms with Gasteiger partial charge in [0.2, 0.25) is 0 Å². The minimum Gasteiger partial charge on any atom is -0.339 e. The predicted molar refractivity (Wildman–Crippen MR) is 75.5 cm³/mol. The van der Waals surface area contributed by atoms with E-state index in [2.05, 4.69) is 0 Å². The topological polar surface area (TPSA) is 37.4 Å². The van der Waals surface area contributed by atoms with Crippen LogP contribution in [-0.4, -0.2) is 29.7 Å². The van der Waals surface area contributed by atoms with Gasteiger partial charge in [-0.3, -0.25) is 9.59 Å². The van der Waals surface area contributed by atoms with Crippen molar-refractivity contribution in [1.29, 1.82) is 0 Å². The Morgan fingerprint density at radius 1 is 1.32 bits per heavy atom. The number of aryl methyl sites for hydroxylation is 1. The van der Waals surface area contributed by atoms with E-state index in [1.165, 1.54) is 0 Å². The van der Waals surface area contributed by atoms with Crippen LogP contribution in [0, 0.1) is 6.92 Å². The Kier molecular flexibility index (Phi) is 4.25. The van der Waals surface area contributed by atoms with Crippen LogP contribution in [0.5, 0.6) is 0 Å². The first kappa shape index (κ1) is 14.1. The van der Waals surface area contributed by atoms with Gasteiger partial charge in [-0.15, -0.1) is 0 Å². The van der Waals surface area contributed by atoms with E-state index in [4.69, 9.17) is 11.6 Å². The third-order valence-electron chi connectivity index (χ3n) is 3.79. The van der Waals surface area contributed by atoms with Crippen LogP contribution in [0.4, 0.5) is 0 Å². The summed E-state index contributed by atoms with van der Waals surface area (Å²) in [4.78, 5) is 25.4. The summed E-state index contributed by atoms with van der Waals surface area (Å²) in [6.45, 7) is 1.89. The molecule has 1 fully saturated rings. The average molecular weight is 280 g/mol. The van der Waals surface area contributed by atoms with E-state index >= 15 is 0 Å². The number of rotatable bonds is 2. The number of ketones is 1. The molecule has 0 heterocycles. The number of halogens is 1. The van der Waals surface area contributed by atoms with Crippen LogP contribution in [0.3, 0.4) is 0 Å². The van der Waals surface area contributed by atoms with Crippen LogP contribution in [0.15, 0.2) is 18.2 Å². The highest BCUT2D eigenvalue weighted by molar-refractivity contribution is 6.31. The van der Waals surface area contributed by atoms with Crippen molar-refractivity contribution in [2.24, 2.45) is 0 Å². The molecule has 0 radical (unpaired) electrons. The molecular formula is C15H18ClNO2. The molecule has 0 N–H and O–H groups in total. The average Bonchev–Trinajstić information content (AvgIpc) is 2.41. The van der Waals surface area contributed by atoms with Gasteiger partial charge in [-0.2, -0.15) is 0 Å². The van der Waals surface area contributed by atoms with Crippen LogP contribution in [0.2, 0.25) is 5.02 Å². The summed E-state index contributed by atoms with van der Waals surface area (Å²) >= 11 is 5.97. The molecule has 1 aliphatic rings. The lowest BCUT2D eigenvalue weighted by Gasteiger charge is -2.30. The Hall–Kier alpha value is -1.35. The summed E-state index contributed by atoms with van der Waals surface area (Å²) < 4.78 is 0. The Morgan fingerprint density at radius 2 is 1.95 bits per heavy atom. The fourth-order valence-electron chi connectivity index (χ4n) is 2.46. The largest absolute Gasteiger partial charge is 0.339 e. The van der Waals surface area contributed by atoms with Crippen LogP contribution in [0.25, 0.3) is 0 Å². The molecule has 1 aromatic rings. The van der Waals surface area contributed by atoms with Crippen molar-refractivity contribution in [2.45, 2.75) is 38.6 Å². The molecule has 1 saturated carbocycles. The summed E-state index contributed by atoms with van der Waals surface area (Å²) in [7, 11) is 1.81. The number of Topliss-reactive ketones (excluding diaryl/α,β-unsaturated/α-hetero) is 1. The maximum atomic E-state index is 12.4. The fraction of sp³-hybridized carbons (Fsp3) is 0.467. The van der Waals surface area contributed by atoms with Gasteiger partial charge in [-0.1, -0.05) is 11.6 Å². The molecule has 0 aliphatic heterocycles. The zero-order chi connectivity index (χ0) is 14.0. The van der Waals surface area contributed by atoms with Gasteiger partial charge in [0.05, 0.1) is 0 Å². The first-order valence-electron chi connectivity index (χ1n) is 6.54. The molecule has 0 atom stereocenters. The fourth-order valence-corrected chi connectivity index (χ4v) is 2.58. The summed E-state index contributed by atoms with van der Waals surface area (Å²) in [5, 5.41) is 0.669. The van der Waals surface area contributed by atoms with E-state index in [0.29, 0.717) is 29.2 Å². The second kappa shape index (κ2) is 5.74. The van der Waals surface area contributed by atoms with Crippen molar-refractivity contribution in [3.8, 4) is 0 Å². The molecule has 1 aromatic carbocycles. The molecular weight excluding hydrogens is 262 g/mol. The number of carbonyl (C=O) groups is 2. The molecule has 0 spiro atoms. The molecule has 4 heteroatoms. The predicted octanol–water partition coefficient (Wildman–Crippen LogP) is 3.23. The lowest BCUT2D eigenvalue weighted by molar-refractivity contribution is -0.121. The maximum absolute atomic E-state index is 12.4. The molecule has 3 nitrogen and oxygen atoms in total. The zero-order valence-electron chi connectivity index (χ0n) is 11.3. The lowest BCUT2D eigenvalue weighted by atomic mass is 9.93. The van der Waals surface area contributed by atoms with Gasteiger partial charge in [0.15, 0.2) is 0 Å². The number of hydrogen-bond acceptors (Lipinski definition) is 2. The maximum Gasteiger partial charge on any atom is 0.253 e. The van der Waals surface area contributed by atoms with Crippen LogP contribution >= 0.6 is 11.6 Å². The molecule has 1 aliphatic carbocycles. The third-order valence-corrected chi connectivity index (χ3v) is 4.21. The van der Waals surface area contributed by atoms with Gasteiger partial charge in [-0.25, -0.2) is 0 Å². The summed E-state index contributed by atoms with van der Waals surface area (Å²) in [5.74, 6) is 0.304. The molecule has 0 bridgehead atoms. The van der Waals surface area contributed by atoms with E-state index in [1.54, 1.807) is 17.0 Å². The van der Waals surface area contributed by atoms with Gasteiger partial charge in [-0.05, 0) is 43.5 Å². The Morgan fingerprint density at radius 3 is 2.53 bits per heavy atom. The van der Waals surface area contributed by atoms with Gasteiger partial charge in [0.1, 0.15) is 5.78 Å². The summed E-state index contributed by atoms with van der Waals surface area (Å²) in [6.07, 6.45) is 2.71. The minimum atomic E-state index is -0.000819. The number of hydrogen-bond donors (Lipinski definition) is 0. The van der Waals surface area contributed by atoms with Gasteiger partial charge in [0, 0.05) is 36.5 Å². The molecule has 0 unspecified atom stereocenters. The Bertz CT molecular complexity index is 503. The van der Waals surface area contributed by atoms with Crippen molar-refractivity contribution in [2.75, 3.05) is 7.05 Å². The minimum absolute atomic E-state index is 0.000819. The Balaban J connectivity index is 2.10. The first-order chi connectivity index (χ1) is 8.99. The summed E-state index contributed by atoms with van der Waals surface area (Å²) in [5.41, 5.74) is 1.56. The highest BCUT2D eigenvalue weighted by atomic mass is 35.5. The van der Waals surface area contributed by atoms with Crippen molar-refractivity contribution in [3.05, 3.63) is 34.3 Å². The van der Waals surface area contributed by atoms with E-state index in [0.717, 1.165) is 18.4 Å². The van der Waals surface area contributed by atoms with Crippen molar-refractivity contribution in [1.82, 2.24) is 4.90 Å². The van der Waals surface area contributed by atoms with Crippen molar-refractivity contribution >= 4 is 23.3 Å². The quantitative estimate of drug-likeness (QED) is 0.833. The normalized spacial score (nSPS) is 16.5. The SMILES string of the molecule is Cc1cc(C(=O)N(C)C2CCC(=O)CC2)ccc1Cl. The molecule has 2 rings (SSSR count). The lowest BCUT2D eigenvalue weighted by Crippen LogP contribution is -2.39. The number of nitrogens with zero attached hydrogens (tertiary/aromatic N) is 1. The van der Waals surface area contributed by atoms with Gasteiger partial charge in [0.25, 0.3) is 5.91 Å². The number of amides is 1. The second-order valence-electron chi connectivity index (χ2n) is 5.15. The van der Waals surface area contributed by atoms with Gasteiger partial charge >= 0.3 is 0 Å².